The van der Waals surface area contributed by atoms with E-state index in [-0.39, 0.29) is 23.7 Å². The van der Waals surface area contributed by atoms with Crippen LogP contribution in [0.5, 0.6) is 0 Å². The molecule has 20 heavy (non-hydrogen) atoms. The summed E-state index contributed by atoms with van der Waals surface area (Å²) in [4.78, 5) is 31.5. The lowest BCUT2D eigenvalue weighted by Crippen LogP contribution is -2.39. The predicted octanol–water partition coefficient (Wildman–Crippen LogP) is 1.30. The summed E-state index contributed by atoms with van der Waals surface area (Å²) in [6, 6.07) is -0.361. The fourth-order valence-corrected chi connectivity index (χ4v) is 2.35. The second kappa shape index (κ2) is 5.24. The fraction of sp³-hybridized carbons (Fsp3) is 0.286. The summed E-state index contributed by atoms with van der Waals surface area (Å²) in [6.07, 6.45) is 11.3. The second-order valence-electron chi connectivity index (χ2n) is 4.80. The van der Waals surface area contributed by atoms with Crippen molar-refractivity contribution < 1.29 is 9.59 Å². The molecule has 0 aromatic carbocycles. The zero-order valence-corrected chi connectivity index (χ0v) is 10.7. The maximum atomic E-state index is 12.0. The Hall–Kier alpha value is -2.50. The highest BCUT2D eigenvalue weighted by atomic mass is 16.2. The molecule has 0 saturated carbocycles. The number of amides is 1. The van der Waals surface area contributed by atoms with Crippen molar-refractivity contribution in [2.24, 2.45) is 5.92 Å². The van der Waals surface area contributed by atoms with E-state index in [0.717, 1.165) is 0 Å². The fourth-order valence-electron chi connectivity index (χ4n) is 2.35. The Labute approximate surface area is 116 Å². The Morgan fingerprint density at radius 1 is 1.20 bits per heavy atom. The molecule has 6 heteroatoms. The van der Waals surface area contributed by atoms with Gasteiger partial charge >= 0.3 is 0 Å². The van der Waals surface area contributed by atoms with Crippen LogP contribution in [0.25, 0.3) is 0 Å². The van der Waals surface area contributed by atoms with Gasteiger partial charge in [0.1, 0.15) is 12.4 Å². The molecule has 0 spiro atoms. The number of fused-ring (bicyclic) bond motifs is 1. The molecule has 2 unspecified atom stereocenters. The SMILES string of the molecule is O=C1C=CC=CC1CCC1Nc2cncnc2NC1=O. The molecule has 3 rings (SSSR count). The Morgan fingerprint density at radius 2 is 2.10 bits per heavy atom. The largest absolute Gasteiger partial charge is 0.369 e. The number of nitrogens with zero attached hydrogens (tertiary/aromatic N) is 2. The average molecular weight is 270 g/mol. The molecule has 1 aromatic rings. The first-order chi connectivity index (χ1) is 9.74. The molecule has 1 aliphatic carbocycles. The number of anilines is 2. The monoisotopic (exact) mass is 270 g/mol. The van der Waals surface area contributed by atoms with Gasteiger partial charge in [0, 0.05) is 5.92 Å². The molecule has 2 aliphatic rings. The normalized spacial score (nSPS) is 24.0. The summed E-state index contributed by atoms with van der Waals surface area (Å²) < 4.78 is 0. The minimum absolute atomic E-state index is 0.0902. The van der Waals surface area contributed by atoms with Gasteiger partial charge in [-0.2, -0.15) is 0 Å². The lowest BCUT2D eigenvalue weighted by atomic mass is 9.92. The molecule has 0 fully saturated rings. The Bertz CT molecular complexity index is 609. The highest BCUT2D eigenvalue weighted by Gasteiger charge is 2.27. The van der Waals surface area contributed by atoms with Crippen LogP contribution in [0.4, 0.5) is 11.5 Å². The Morgan fingerprint density at radius 3 is 2.95 bits per heavy atom. The van der Waals surface area contributed by atoms with E-state index in [2.05, 4.69) is 20.6 Å². The van der Waals surface area contributed by atoms with Crippen molar-refractivity contribution in [3.05, 3.63) is 36.8 Å². The van der Waals surface area contributed by atoms with Crippen molar-refractivity contribution in [2.75, 3.05) is 10.6 Å². The zero-order chi connectivity index (χ0) is 13.9. The smallest absolute Gasteiger partial charge is 0.248 e. The summed E-state index contributed by atoms with van der Waals surface area (Å²) in [5, 5.41) is 5.85. The molecule has 2 atom stereocenters. The third-order valence-corrected chi connectivity index (χ3v) is 3.45. The van der Waals surface area contributed by atoms with E-state index in [1.807, 2.05) is 12.2 Å². The third kappa shape index (κ3) is 2.45. The standard InChI is InChI=1S/C14H14N4O2/c19-12-4-2-1-3-9(12)5-6-10-14(20)18-13-11(17-10)7-15-8-16-13/h1-4,7-10,17H,5-6H2,(H,15,16,18,20). The van der Waals surface area contributed by atoms with Crippen molar-refractivity contribution in [1.82, 2.24) is 9.97 Å². The van der Waals surface area contributed by atoms with E-state index in [1.165, 1.54) is 6.33 Å². The maximum absolute atomic E-state index is 12.0. The number of hydrogen-bond donors (Lipinski definition) is 2. The van der Waals surface area contributed by atoms with Crippen molar-refractivity contribution >= 4 is 23.2 Å². The van der Waals surface area contributed by atoms with Crippen LogP contribution in [0.15, 0.2) is 36.8 Å². The van der Waals surface area contributed by atoms with Gasteiger partial charge in [-0.05, 0) is 18.9 Å². The van der Waals surface area contributed by atoms with Gasteiger partial charge in [-0.15, -0.1) is 0 Å². The molecule has 102 valence electrons. The number of carbonyl (C=O) groups is 2. The Kier molecular flexibility index (Phi) is 3.28. The molecule has 0 saturated heterocycles. The van der Waals surface area contributed by atoms with E-state index < -0.39 is 0 Å². The predicted molar refractivity (Wildman–Crippen MR) is 74.1 cm³/mol. The van der Waals surface area contributed by atoms with Crippen molar-refractivity contribution in [1.29, 1.82) is 0 Å². The summed E-state index contributed by atoms with van der Waals surface area (Å²) >= 11 is 0. The number of nitrogens with one attached hydrogen (secondary N) is 2. The molecule has 2 N–H and O–H groups in total. The second-order valence-corrected chi connectivity index (χ2v) is 4.80. The van der Waals surface area contributed by atoms with E-state index in [4.69, 9.17) is 0 Å². The van der Waals surface area contributed by atoms with Crippen LogP contribution in [0.1, 0.15) is 12.8 Å². The number of carbonyl (C=O) groups excluding carboxylic acids is 2. The lowest BCUT2D eigenvalue weighted by molar-refractivity contribution is -0.119. The van der Waals surface area contributed by atoms with Crippen LogP contribution in [-0.2, 0) is 9.59 Å². The summed E-state index contributed by atoms with van der Waals surface area (Å²) in [7, 11) is 0. The molecule has 0 radical (unpaired) electrons. The van der Waals surface area contributed by atoms with Gasteiger partial charge in [0.15, 0.2) is 11.6 Å². The minimum Gasteiger partial charge on any atom is -0.369 e. The number of rotatable bonds is 3. The van der Waals surface area contributed by atoms with Crippen molar-refractivity contribution in [2.45, 2.75) is 18.9 Å². The van der Waals surface area contributed by atoms with E-state index in [9.17, 15) is 9.59 Å². The first-order valence-electron chi connectivity index (χ1n) is 6.50. The van der Waals surface area contributed by atoms with Gasteiger partial charge in [0.2, 0.25) is 5.91 Å². The number of allylic oxidation sites excluding steroid dienone is 4. The maximum Gasteiger partial charge on any atom is 0.248 e. The zero-order valence-electron chi connectivity index (χ0n) is 10.7. The molecule has 2 heterocycles. The van der Waals surface area contributed by atoms with Crippen LogP contribution in [0, 0.1) is 5.92 Å². The average Bonchev–Trinajstić information content (AvgIpc) is 2.46. The minimum atomic E-state index is -0.361. The molecular formula is C14H14N4O2. The number of ketones is 1. The van der Waals surface area contributed by atoms with Crippen LogP contribution in [0.2, 0.25) is 0 Å². The first kappa shape index (κ1) is 12.5. The topological polar surface area (TPSA) is 84.0 Å². The van der Waals surface area contributed by atoms with Gasteiger partial charge in [-0.3, -0.25) is 9.59 Å². The molecule has 6 nitrogen and oxygen atoms in total. The van der Waals surface area contributed by atoms with E-state index in [1.54, 1.807) is 18.3 Å². The van der Waals surface area contributed by atoms with Crippen molar-refractivity contribution in [3.8, 4) is 0 Å². The Balaban J connectivity index is 1.64. The lowest BCUT2D eigenvalue weighted by Gasteiger charge is -2.26. The quantitative estimate of drug-likeness (QED) is 0.865. The summed E-state index contributed by atoms with van der Waals surface area (Å²) in [6.45, 7) is 0. The third-order valence-electron chi connectivity index (χ3n) is 3.45. The van der Waals surface area contributed by atoms with Crippen LogP contribution >= 0.6 is 0 Å². The molecule has 1 amide bonds. The number of hydrogen-bond acceptors (Lipinski definition) is 5. The van der Waals surface area contributed by atoms with Gasteiger partial charge in [-0.1, -0.05) is 18.2 Å². The molecular weight excluding hydrogens is 256 g/mol. The van der Waals surface area contributed by atoms with E-state index in [0.29, 0.717) is 24.3 Å². The highest BCUT2D eigenvalue weighted by molar-refractivity contribution is 6.01. The highest BCUT2D eigenvalue weighted by Crippen LogP contribution is 2.25. The molecule has 0 bridgehead atoms. The summed E-state index contributed by atoms with van der Waals surface area (Å²) in [5.74, 6) is 0.326. The van der Waals surface area contributed by atoms with E-state index >= 15 is 0 Å². The summed E-state index contributed by atoms with van der Waals surface area (Å²) in [5.41, 5.74) is 0.711. The van der Waals surface area contributed by atoms with Crippen LogP contribution < -0.4 is 10.6 Å². The molecule has 1 aromatic heterocycles. The van der Waals surface area contributed by atoms with Gasteiger partial charge in [0.25, 0.3) is 0 Å². The van der Waals surface area contributed by atoms with Crippen LogP contribution in [0.3, 0.4) is 0 Å². The van der Waals surface area contributed by atoms with Gasteiger partial charge < -0.3 is 10.6 Å². The number of aromatic nitrogens is 2. The van der Waals surface area contributed by atoms with Crippen LogP contribution in [-0.4, -0.2) is 27.7 Å². The van der Waals surface area contributed by atoms with Crippen molar-refractivity contribution in [3.63, 3.8) is 0 Å². The molecule has 1 aliphatic heterocycles. The van der Waals surface area contributed by atoms with Gasteiger partial charge in [0.05, 0.1) is 11.9 Å². The van der Waals surface area contributed by atoms with Gasteiger partial charge in [-0.25, -0.2) is 9.97 Å². The first-order valence-corrected chi connectivity index (χ1v) is 6.50.